The zero-order valence-electron chi connectivity index (χ0n) is 9.39. The lowest BCUT2D eigenvalue weighted by Gasteiger charge is -2.28. The lowest BCUT2D eigenvalue weighted by molar-refractivity contribution is -0.118. The van der Waals surface area contributed by atoms with E-state index in [4.69, 9.17) is 0 Å². The first-order valence-corrected chi connectivity index (χ1v) is 5.70. The first-order valence-electron chi connectivity index (χ1n) is 5.70. The molecular formula is C13H13N3O. The highest BCUT2D eigenvalue weighted by Gasteiger charge is 2.20. The average Bonchev–Trinajstić information content (AvgIpc) is 2.39. The Balaban J connectivity index is 2.13. The molecule has 0 radical (unpaired) electrons. The number of piperazine rings is 1. The van der Waals surface area contributed by atoms with Crippen molar-refractivity contribution in [1.82, 2.24) is 10.3 Å². The Kier molecular flexibility index (Phi) is 2.49. The van der Waals surface area contributed by atoms with E-state index < -0.39 is 0 Å². The van der Waals surface area contributed by atoms with Gasteiger partial charge in [0.25, 0.3) is 0 Å². The van der Waals surface area contributed by atoms with E-state index in [1.54, 1.807) is 6.20 Å². The largest absolute Gasteiger partial charge is 0.309 e. The van der Waals surface area contributed by atoms with Crippen molar-refractivity contribution in [2.75, 3.05) is 24.5 Å². The summed E-state index contributed by atoms with van der Waals surface area (Å²) in [4.78, 5) is 17.8. The summed E-state index contributed by atoms with van der Waals surface area (Å²) < 4.78 is 0. The van der Waals surface area contributed by atoms with Gasteiger partial charge < -0.3 is 10.2 Å². The molecular weight excluding hydrogens is 214 g/mol. The Morgan fingerprint density at radius 2 is 2.24 bits per heavy atom. The van der Waals surface area contributed by atoms with Gasteiger partial charge in [-0.3, -0.25) is 9.78 Å². The molecule has 0 saturated carbocycles. The molecule has 1 fully saturated rings. The number of hydrogen-bond acceptors (Lipinski definition) is 3. The number of amides is 1. The smallest absolute Gasteiger partial charge is 0.241 e. The standard InChI is InChI=1S/C13H13N3O/c17-13-9-15-6-7-16(13)12-3-1-2-10-8-14-5-4-11(10)12/h1-5,8,15H,6-7,9H2. The minimum absolute atomic E-state index is 0.126. The lowest BCUT2D eigenvalue weighted by Crippen LogP contribution is -2.48. The molecule has 2 aromatic rings. The van der Waals surface area contributed by atoms with Crippen LogP contribution in [-0.4, -0.2) is 30.5 Å². The van der Waals surface area contributed by atoms with E-state index in [-0.39, 0.29) is 5.91 Å². The first kappa shape index (κ1) is 10.2. The van der Waals surface area contributed by atoms with Gasteiger partial charge in [-0.05, 0) is 12.1 Å². The molecule has 1 aromatic heterocycles. The van der Waals surface area contributed by atoms with Gasteiger partial charge in [0, 0.05) is 36.3 Å². The van der Waals surface area contributed by atoms with E-state index in [0.717, 1.165) is 29.5 Å². The quantitative estimate of drug-likeness (QED) is 0.795. The SMILES string of the molecule is O=C1CNCCN1c1cccc2cnccc12. The number of aromatic nitrogens is 1. The molecule has 0 aliphatic carbocycles. The van der Waals surface area contributed by atoms with Crippen molar-refractivity contribution in [2.24, 2.45) is 0 Å². The maximum Gasteiger partial charge on any atom is 0.241 e. The van der Waals surface area contributed by atoms with Gasteiger partial charge in [-0.1, -0.05) is 12.1 Å². The minimum atomic E-state index is 0.126. The van der Waals surface area contributed by atoms with Crippen LogP contribution >= 0.6 is 0 Å². The summed E-state index contributed by atoms with van der Waals surface area (Å²) >= 11 is 0. The number of carbonyl (C=O) groups excluding carboxylic acids is 1. The van der Waals surface area contributed by atoms with Crippen LogP contribution in [0.1, 0.15) is 0 Å². The fraction of sp³-hybridized carbons (Fsp3) is 0.231. The fourth-order valence-electron chi connectivity index (χ4n) is 2.20. The van der Waals surface area contributed by atoms with Crippen molar-refractivity contribution in [3.63, 3.8) is 0 Å². The van der Waals surface area contributed by atoms with Crippen LogP contribution in [0.15, 0.2) is 36.7 Å². The van der Waals surface area contributed by atoms with Crippen molar-refractivity contribution in [1.29, 1.82) is 0 Å². The summed E-state index contributed by atoms with van der Waals surface area (Å²) in [7, 11) is 0. The predicted octanol–water partition coefficient (Wildman–Crippen LogP) is 1.17. The molecule has 1 aliphatic rings. The van der Waals surface area contributed by atoms with Crippen LogP contribution in [0.3, 0.4) is 0 Å². The van der Waals surface area contributed by atoms with Crippen molar-refractivity contribution in [3.8, 4) is 0 Å². The highest BCUT2D eigenvalue weighted by molar-refractivity contribution is 6.04. The average molecular weight is 227 g/mol. The Labute approximate surface area is 99.3 Å². The van der Waals surface area contributed by atoms with Crippen LogP contribution in [-0.2, 0) is 4.79 Å². The number of nitrogens with one attached hydrogen (secondary N) is 1. The van der Waals surface area contributed by atoms with Crippen molar-refractivity contribution in [2.45, 2.75) is 0 Å². The van der Waals surface area contributed by atoms with Crippen molar-refractivity contribution < 1.29 is 4.79 Å². The molecule has 3 rings (SSSR count). The molecule has 4 nitrogen and oxygen atoms in total. The molecule has 1 aromatic carbocycles. The Morgan fingerprint density at radius 1 is 1.29 bits per heavy atom. The fourth-order valence-corrected chi connectivity index (χ4v) is 2.20. The van der Waals surface area contributed by atoms with Gasteiger partial charge in [-0.2, -0.15) is 0 Å². The predicted molar refractivity (Wildman–Crippen MR) is 67.0 cm³/mol. The van der Waals surface area contributed by atoms with Gasteiger partial charge in [0.1, 0.15) is 0 Å². The van der Waals surface area contributed by atoms with Crippen LogP contribution in [0, 0.1) is 0 Å². The zero-order chi connectivity index (χ0) is 11.7. The molecule has 4 heteroatoms. The van der Waals surface area contributed by atoms with E-state index in [0.29, 0.717) is 6.54 Å². The number of fused-ring (bicyclic) bond motifs is 1. The minimum Gasteiger partial charge on any atom is -0.309 e. The number of rotatable bonds is 1. The Hall–Kier alpha value is -1.94. The molecule has 0 atom stereocenters. The highest BCUT2D eigenvalue weighted by atomic mass is 16.2. The van der Waals surface area contributed by atoms with Crippen LogP contribution < -0.4 is 10.2 Å². The highest BCUT2D eigenvalue weighted by Crippen LogP contribution is 2.26. The molecule has 86 valence electrons. The maximum atomic E-state index is 11.9. The summed E-state index contributed by atoms with van der Waals surface area (Å²) in [6.45, 7) is 1.98. The normalized spacial score (nSPS) is 16.5. The van der Waals surface area contributed by atoms with Crippen LogP contribution in [0.25, 0.3) is 10.8 Å². The number of hydrogen-bond donors (Lipinski definition) is 1. The Bertz CT molecular complexity index is 562. The molecule has 17 heavy (non-hydrogen) atoms. The van der Waals surface area contributed by atoms with E-state index >= 15 is 0 Å². The number of pyridine rings is 1. The summed E-state index contributed by atoms with van der Waals surface area (Å²) in [5, 5.41) is 5.23. The molecule has 0 spiro atoms. The van der Waals surface area contributed by atoms with Crippen LogP contribution in [0.4, 0.5) is 5.69 Å². The lowest BCUT2D eigenvalue weighted by atomic mass is 10.1. The summed E-state index contributed by atoms with van der Waals surface area (Å²) in [6.07, 6.45) is 3.59. The third-order valence-electron chi connectivity index (χ3n) is 3.04. The molecule has 1 amide bonds. The summed E-state index contributed by atoms with van der Waals surface area (Å²) in [5.41, 5.74) is 0.983. The van der Waals surface area contributed by atoms with Crippen LogP contribution in [0.2, 0.25) is 0 Å². The van der Waals surface area contributed by atoms with Gasteiger partial charge in [-0.25, -0.2) is 0 Å². The van der Waals surface area contributed by atoms with Crippen molar-refractivity contribution >= 4 is 22.4 Å². The molecule has 1 N–H and O–H groups in total. The molecule has 2 heterocycles. The molecule has 1 aliphatic heterocycles. The second-order valence-corrected chi connectivity index (χ2v) is 4.10. The van der Waals surface area contributed by atoms with Gasteiger partial charge in [-0.15, -0.1) is 0 Å². The van der Waals surface area contributed by atoms with E-state index in [1.807, 2.05) is 35.4 Å². The van der Waals surface area contributed by atoms with Crippen LogP contribution in [0.5, 0.6) is 0 Å². The molecule has 0 bridgehead atoms. The monoisotopic (exact) mass is 227 g/mol. The zero-order valence-corrected chi connectivity index (χ0v) is 9.39. The second-order valence-electron chi connectivity index (χ2n) is 4.10. The van der Waals surface area contributed by atoms with Gasteiger partial charge in [0.15, 0.2) is 0 Å². The van der Waals surface area contributed by atoms with E-state index in [2.05, 4.69) is 10.3 Å². The van der Waals surface area contributed by atoms with E-state index in [9.17, 15) is 4.79 Å². The van der Waals surface area contributed by atoms with E-state index in [1.165, 1.54) is 0 Å². The van der Waals surface area contributed by atoms with Gasteiger partial charge in [0.05, 0.1) is 12.2 Å². The number of carbonyl (C=O) groups is 1. The maximum absolute atomic E-state index is 11.9. The second kappa shape index (κ2) is 4.14. The van der Waals surface area contributed by atoms with Gasteiger partial charge in [0.2, 0.25) is 5.91 Å². The topological polar surface area (TPSA) is 45.2 Å². The Morgan fingerprint density at radius 3 is 3.12 bits per heavy atom. The number of nitrogens with zero attached hydrogens (tertiary/aromatic N) is 2. The number of anilines is 1. The van der Waals surface area contributed by atoms with Crippen molar-refractivity contribution in [3.05, 3.63) is 36.7 Å². The van der Waals surface area contributed by atoms with Gasteiger partial charge >= 0.3 is 0 Å². The first-order chi connectivity index (χ1) is 8.36. The third-order valence-corrected chi connectivity index (χ3v) is 3.04. The summed E-state index contributed by atoms with van der Waals surface area (Å²) in [5.74, 6) is 0.126. The number of benzene rings is 1. The molecule has 1 saturated heterocycles. The summed E-state index contributed by atoms with van der Waals surface area (Å²) in [6, 6.07) is 7.93. The third kappa shape index (κ3) is 1.76. The molecule has 0 unspecified atom stereocenters.